The van der Waals surface area contributed by atoms with Crippen LogP contribution in [0, 0.1) is 0 Å². The molecule has 4 aromatic rings. The number of fused-ring (bicyclic) bond motifs is 3. The Kier molecular flexibility index (Phi) is 4.58. The van der Waals surface area contributed by atoms with Crippen molar-refractivity contribution in [3.05, 3.63) is 42.1 Å². The van der Waals surface area contributed by atoms with Crippen LogP contribution in [0.3, 0.4) is 0 Å². The summed E-state index contributed by atoms with van der Waals surface area (Å²) in [5.41, 5.74) is 3.48. The number of benzene rings is 1. The summed E-state index contributed by atoms with van der Waals surface area (Å²) in [5.74, 6) is 0.666. The highest BCUT2D eigenvalue weighted by Gasteiger charge is 2.26. The van der Waals surface area contributed by atoms with E-state index in [0.717, 1.165) is 35.0 Å². The van der Waals surface area contributed by atoms with Crippen LogP contribution in [0.25, 0.3) is 33.7 Å². The number of aliphatic carboxylic acids is 1. The van der Waals surface area contributed by atoms with Gasteiger partial charge < -0.3 is 23.7 Å². The highest BCUT2D eigenvalue weighted by Crippen LogP contribution is 2.37. The smallest absolute Gasteiger partial charge is 0.305 e. The standard InChI is InChI=1S/C22H20N4O5/c1-29-18-8-7-16(21(23-18)30-2)22-24-20(25-31-22)13-4-3-12-9-14-5-6-15(11-19(27)28)26(14)17(12)10-13/h3-4,7-10,15H,5-6,11H2,1-2H3,(H,27,28). The number of methoxy groups -OCH3 is 2. The van der Waals surface area contributed by atoms with E-state index in [4.69, 9.17) is 14.0 Å². The lowest BCUT2D eigenvalue weighted by Gasteiger charge is -2.13. The van der Waals surface area contributed by atoms with Gasteiger partial charge in [-0.1, -0.05) is 17.3 Å². The van der Waals surface area contributed by atoms with Gasteiger partial charge in [0.25, 0.3) is 5.89 Å². The number of nitrogens with zero attached hydrogens (tertiary/aromatic N) is 4. The topological polar surface area (TPSA) is 113 Å². The largest absolute Gasteiger partial charge is 0.481 e. The number of aryl methyl sites for hydroxylation is 1. The summed E-state index contributed by atoms with van der Waals surface area (Å²) in [5, 5.41) is 14.5. The zero-order valence-corrected chi connectivity index (χ0v) is 17.0. The molecule has 1 N–H and O–H groups in total. The van der Waals surface area contributed by atoms with Crippen LogP contribution in [-0.4, -0.2) is 45.0 Å². The molecule has 0 radical (unpaired) electrons. The van der Waals surface area contributed by atoms with Gasteiger partial charge in [-0.3, -0.25) is 4.79 Å². The number of pyridine rings is 1. The number of hydrogen-bond acceptors (Lipinski definition) is 7. The fraction of sp³-hybridized carbons (Fsp3) is 0.273. The van der Waals surface area contributed by atoms with E-state index in [1.165, 1.54) is 14.2 Å². The van der Waals surface area contributed by atoms with Crippen molar-refractivity contribution in [3.8, 4) is 34.6 Å². The lowest BCUT2D eigenvalue weighted by atomic mass is 10.1. The average Bonchev–Trinajstić information content (AvgIpc) is 3.49. The van der Waals surface area contributed by atoms with Crippen molar-refractivity contribution in [2.75, 3.05) is 14.2 Å². The fourth-order valence-electron chi connectivity index (χ4n) is 4.19. The Labute approximate surface area is 177 Å². The zero-order valence-electron chi connectivity index (χ0n) is 17.0. The van der Waals surface area contributed by atoms with Gasteiger partial charge >= 0.3 is 5.97 Å². The average molecular weight is 420 g/mol. The SMILES string of the molecule is COc1ccc(-c2nc(-c3ccc4cc5n(c4c3)C(CC(=O)O)CC5)no2)c(OC)n1. The summed E-state index contributed by atoms with van der Waals surface area (Å²) in [7, 11) is 3.04. The van der Waals surface area contributed by atoms with Crippen molar-refractivity contribution < 1.29 is 23.9 Å². The number of carbonyl (C=O) groups is 1. The molecule has 1 unspecified atom stereocenters. The van der Waals surface area contributed by atoms with E-state index >= 15 is 0 Å². The number of carboxylic acid groups (broad SMARTS) is 1. The summed E-state index contributed by atoms with van der Waals surface area (Å²) in [6, 6.07) is 11.4. The minimum absolute atomic E-state index is 0.0456. The quantitative estimate of drug-likeness (QED) is 0.502. The van der Waals surface area contributed by atoms with Gasteiger partial charge in [0.2, 0.25) is 17.6 Å². The summed E-state index contributed by atoms with van der Waals surface area (Å²) >= 11 is 0. The van der Waals surface area contributed by atoms with Crippen molar-refractivity contribution in [1.82, 2.24) is 19.7 Å². The number of carboxylic acids is 1. The molecule has 0 saturated heterocycles. The first kappa shape index (κ1) is 19.1. The van der Waals surface area contributed by atoms with Crippen LogP contribution in [0.2, 0.25) is 0 Å². The summed E-state index contributed by atoms with van der Waals surface area (Å²) < 4.78 is 18.1. The van der Waals surface area contributed by atoms with E-state index in [1.54, 1.807) is 12.1 Å². The van der Waals surface area contributed by atoms with E-state index < -0.39 is 5.97 Å². The molecule has 1 aliphatic rings. The molecular weight excluding hydrogens is 400 g/mol. The Morgan fingerprint density at radius 2 is 2.06 bits per heavy atom. The molecule has 1 aliphatic heterocycles. The number of ether oxygens (including phenoxy) is 2. The number of hydrogen-bond donors (Lipinski definition) is 1. The number of aromatic nitrogens is 4. The van der Waals surface area contributed by atoms with Crippen LogP contribution >= 0.6 is 0 Å². The lowest BCUT2D eigenvalue weighted by Crippen LogP contribution is -2.09. The van der Waals surface area contributed by atoms with E-state index in [9.17, 15) is 9.90 Å². The van der Waals surface area contributed by atoms with E-state index in [0.29, 0.717) is 23.1 Å². The van der Waals surface area contributed by atoms with Crippen LogP contribution in [0.1, 0.15) is 24.6 Å². The molecule has 158 valence electrons. The predicted octanol–water partition coefficient (Wildman–Crippen LogP) is 3.73. The molecule has 5 rings (SSSR count). The van der Waals surface area contributed by atoms with Crippen molar-refractivity contribution in [2.45, 2.75) is 25.3 Å². The first-order valence-corrected chi connectivity index (χ1v) is 9.86. The Morgan fingerprint density at radius 1 is 1.19 bits per heavy atom. The molecule has 0 saturated carbocycles. The van der Waals surface area contributed by atoms with Crippen molar-refractivity contribution in [2.24, 2.45) is 0 Å². The van der Waals surface area contributed by atoms with Gasteiger partial charge in [0.15, 0.2) is 0 Å². The molecule has 0 spiro atoms. The third kappa shape index (κ3) is 3.27. The third-order valence-corrected chi connectivity index (χ3v) is 5.58. The first-order chi connectivity index (χ1) is 15.1. The molecule has 1 aromatic carbocycles. The number of rotatable bonds is 6. The van der Waals surface area contributed by atoms with Gasteiger partial charge in [0.05, 0.1) is 20.6 Å². The Morgan fingerprint density at radius 3 is 2.84 bits per heavy atom. The van der Waals surface area contributed by atoms with Gasteiger partial charge in [0.1, 0.15) is 5.56 Å². The van der Waals surface area contributed by atoms with Crippen LogP contribution in [-0.2, 0) is 11.2 Å². The normalized spacial score (nSPS) is 15.2. The maximum atomic E-state index is 11.3. The molecule has 9 nitrogen and oxygen atoms in total. The monoisotopic (exact) mass is 420 g/mol. The summed E-state index contributed by atoms with van der Waals surface area (Å²) in [6.45, 7) is 0. The molecule has 1 atom stereocenters. The Hall–Kier alpha value is -3.88. The third-order valence-electron chi connectivity index (χ3n) is 5.58. The zero-order chi connectivity index (χ0) is 21.5. The maximum absolute atomic E-state index is 11.3. The second-order valence-electron chi connectivity index (χ2n) is 7.40. The Bertz CT molecular complexity index is 1290. The second-order valence-corrected chi connectivity index (χ2v) is 7.40. The van der Waals surface area contributed by atoms with Gasteiger partial charge in [0, 0.05) is 28.9 Å². The summed E-state index contributed by atoms with van der Waals surface area (Å²) in [4.78, 5) is 20.0. The van der Waals surface area contributed by atoms with Crippen molar-refractivity contribution in [3.63, 3.8) is 0 Å². The van der Waals surface area contributed by atoms with Crippen molar-refractivity contribution in [1.29, 1.82) is 0 Å². The highest BCUT2D eigenvalue weighted by molar-refractivity contribution is 5.86. The van der Waals surface area contributed by atoms with E-state index in [1.807, 2.05) is 18.2 Å². The molecular formula is C22H20N4O5. The molecule has 3 aromatic heterocycles. The first-order valence-electron chi connectivity index (χ1n) is 9.86. The van der Waals surface area contributed by atoms with E-state index in [-0.39, 0.29) is 18.4 Å². The van der Waals surface area contributed by atoms with Gasteiger partial charge in [-0.25, -0.2) is 0 Å². The predicted molar refractivity (Wildman–Crippen MR) is 111 cm³/mol. The molecule has 4 heterocycles. The van der Waals surface area contributed by atoms with Crippen LogP contribution < -0.4 is 9.47 Å². The van der Waals surface area contributed by atoms with Crippen molar-refractivity contribution >= 4 is 16.9 Å². The van der Waals surface area contributed by atoms with Crippen LogP contribution in [0.5, 0.6) is 11.8 Å². The van der Waals surface area contributed by atoms with Gasteiger partial charge in [-0.15, -0.1) is 0 Å². The van der Waals surface area contributed by atoms with Gasteiger partial charge in [-0.05, 0) is 36.4 Å². The Balaban J connectivity index is 1.53. The molecule has 0 amide bonds. The summed E-state index contributed by atoms with van der Waals surface area (Å²) in [6.07, 6.45) is 1.81. The molecule has 0 aliphatic carbocycles. The van der Waals surface area contributed by atoms with Crippen LogP contribution in [0.4, 0.5) is 0 Å². The molecule has 0 bridgehead atoms. The second kappa shape index (κ2) is 7.42. The highest BCUT2D eigenvalue weighted by atomic mass is 16.5. The molecule has 0 fully saturated rings. The minimum atomic E-state index is -0.791. The maximum Gasteiger partial charge on any atom is 0.305 e. The van der Waals surface area contributed by atoms with Gasteiger partial charge in [-0.2, -0.15) is 9.97 Å². The fourth-order valence-corrected chi connectivity index (χ4v) is 4.19. The molecule has 31 heavy (non-hydrogen) atoms. The van der Waals surface area contributed by atoms with Crippen LogP contribution in [0.15, 0.2) is 40.9 Å². The molecule has 9 heteroatoms. The van der Waals surface area contributed by atoms with E-state index in [2.05, 4.69) is 25.8 Å². The lowest BCUT2D eigenvalue weighted by molar-refractivity contribution is -0.137. The minimum Gasteiger partial charge on any atom is -0.481 e.